The Morgan fingerprint density at radius 2 is 1.93 bits per heavy atom. The Kier molecular flexibility index (Phi) is 5.91. The lowest BCUT2D eigenvalue weighted by molar-refractivity contribution is -0.140. The summed E-state index contributed by atoms with van der Waals surface area (Å²) in [4.78, 5) is 52.2. The highest BCUT2D eigenvalue weighted by Gasteiger charge is 2.55. The van der Waals surface area contributed by atoms with Crippen molar-refractivity contribution in [3.8, 4) is 0 Å². The van der Waals surface area contributed by atoms with Crippen LogP contribution in [0, 0.1) is 5.92 Å². The van der Waals surface area contributed by atoms with Crippen molar-refractivity contribution in [2.24, 2.45) is 5.92 Å². The van der Waals surface area contributed by atoms with Gasteiger partial charge in [0.2, 0.25) is 5.91 Å². The fourth-order valence-electron chi connectivity index (χ4n) is 4.16. The summed E-state index contributed by atoms with van der Waals surface area (Å²) in [6.07, 6.45) is 3.45. The highest BCUT2D eigenvalue weighted by atomic mass is 16.2. The van der Waals surface area contributed by atoms with E-state index in [4.69, 9.17) is 0 Å². The molecule has 0 unspecified atom stereocenters. The first-order valence-electron chi connectivity index (χ1n) is 9.97. The second kappa shape index (κ2) is 8.23. The van der Waals surface area contributed by atoms with Gasteiger partial charge in [-0.15, -0.1) is 0 Å². The summed E-state index contributed by atoms with van der Waals surface area (Å²) in [6.45, 7) is 2.03. The Hall–Kier alpha value is -2.90. The maximum atomic E-state index is 13.0. The number of hydrogen-bond acceptors (Lipinski definition) is 4. The SMILES string of the molecule is CNC(=O)c1ccc(CN(C)C(=O)CN2C(=O)N[C@@]3(CCCC[C@@H]3C)C2=O)cc1. The number of imide groups is 1. The number of benzene rings is 1. The smallest absolute Gasteiger partial charge is 0.325 e. The molecule has 156 valence electrons. The first-order chi connectivity index (χ1) is 13.8. The predicted octanol–water partition coefficient (Wildman–Crippen LogP) is 1.51. The molecule has 1 aromatic rings. The molecule has 1 aromatic carbocycles. The zero-order chi connectivity index (χ0) is 21.2. The van der Waals surface area contributed by atoms with Crippen LogP contribution < -0.4 is 10.6 Å². The van der Waals surface area contributed by atoms with E-state index in [1.165, 1.54) is 4.90 Å². The molecule has 2 aliphatic rings. The molecule has 0 bridgehead atoms. The van der Waals surface area contributed by atoms with E-state index in [2.05, 4.69) is 10.6 Å². The van der Waals surface area contributed by atoms with Gasteiger partial charge in [0.15, 0.2) is 0 Å². The van der Waals surface area contributed by atoms with E-state index < -0.39 is 11.6 Å². The summed E-state index contributed by atoms with van der Waals surface area (Å²) < 4.78 is 0. The third-order valence-electron chi connectivity index (χ3n) is 6.08. The second-order valence-electron chi connectivity index (χ2n) is 7.97. The molecule has 1 heterocycles. The fourth-order valence-corrected chi connectivity index (χ4v) is 4.16. The highest BCUT2D eigenvalue weighted by Crippen LogP contribution is 2.38. The molecule has 1 aliphatic carbocycles. The fraction of sp³-hybridized carbons (Fsp3) is 0.524. The lowest BCUT2D eigenvalue weighted by atomic mass is 9.73. The van der Waals surface area contributed by atoms with Crippen LogP contribution in [-0.2, 0) is 16.1 Å². The number of carbonyl (C=O) groups excluding carboxylic acids is 4. The van der Waals surface area contributed by atoms with Crippen LogP contribution in [0.1, 0.15) is 48.5 Å². The molecule has 2 fully saturated rings. The summed E-state index contributed by atoms with van der Waals surface area (Å²) in [5, 5.41) is 5.42. The summed E-state index contributed by atoms with van der Waals surface area (Å²) in [5.41, 5.74) is 0.531. The third kappa shape index (κ3) is 3.97. The third-order valence-corrected chi connectivity index (χ3v) is 6.08. The molecule has 2 atom stereocenters. The van der Waals surface area contributed by atoms with Gasteiger partial charge in [-0.3, -0.25) is 19.3 Å². The maximum Gasteiger partial charge on any atom is 0.325 e. The molecule has 1 spiro atoms. The van der Waals surface area contributed by atoms with E-state index in [0.29, 0.717) is 18.5 Å². The van der Waals surface area contributed by atoms with Crippen molar-refractivity contribution in [1.82, 2.24) is 20.4 Å². The molecule has 0 aromatic heterocycles. The number of carbonyl (C=O) groups is 4. The maximum absolute atomic E-state index is 13.0. The Morgan fingerprint density at radius 3 is 2.55 bits per heavy atom. The average Bonchev–Trinajstić information content (AvgIpc) is 2.95. The Labute approximate surface area is 170 Å². The molecule has 8 heteroatoms. The number of amides is 5. The molecule has 8 nitrogen and oxygen atoms in total. The van der Waals surface area contributed by atoms with E-state index in [-0.39, 0.29) is 30.2 Å². The largest absolute Gasteiger partial charge is 0.355 e. The second-order valence-corrected chi connectivity index (χ2v) is 7.97. The van der Waals surface area contributed by atoms with Crippen LogP contribution in [0.25, 0.3) is 0 Å². The topological polar surface area (TPSA) is 98.8 Å². The van der Waals surface area contributed by atoms with E-state index in [9.17, 15) is 19.2 Å². The molecular weight excluding hydrogens is 372 g/mol. The monoisotopic (exact) mass is 400 g/mol. The number of likely N-dealkylation sites (N-methyl/N-ethyl adjacent to an activating group) is 1. The van der Waals surface area contributed by atoms with Gasteiger partial charge in [-0.05, 0) is 36.5 Å². The van der Waals surface area contributed by atoms with Gasteiger partial charge in [-0.25, -0.2) is 4.79 Å². The van der Waals surface area contributed by atoms with Crippen molar-refractivity contribution in [2.75, 3.05) is 20.6 Å². The minimum absolute atomic E-state index is 0.0596. The van der Waals surface area contributed by atoms with Crippen LogP contribution in [0.15, 0.2) is 24.3 Å². The Morgan fingerprint density at radius 1 is 1.24 bits per heavy atom. The van der Waals surface area contributed by atoms with Crippen molar-refractivity contribution in [1.29, 1.82) is 0 Å². The van der Waals surface area contributed by atoms with Gasteiger partial charge in [0.05, 0.1) is 0 Å². The Balaban J connectivity index is 1.63. The first-order valence-corrected chi connectivity index (χ1v) is 9.97. The number of rotatable bonds is 5. The summed E-state index contributed by atoms with van der Waals surface area (Å²) in [6, 6.07) is 6.46. The number of urea groups is 1. The van der Waals surface area contributed by atoms with Gasteiger partial charge in [0.25, 0.3) is 11.8 Å². The minimum Gasteiger partial charge on any atom is -0.355 e. The van der Waals surface area contributed by atoms with Crippen LogP contribution in [-0.4, -0.2) is 59.7 Å². The van der Waals surface area contributed by atoms with E-state index in [0.717, 1.165) is 29.7 Å². The van der Waals surface area contributed by atoms with Crippen molar-refractivity contribution >= 4 is 23.8 Å². The molecule has 1 saturated heterocycles. The molecule has 1 aliphatic heterocycles. The molecule has 1 saturated carbocycles. The number of nitrogens with one attached hydrogen (secondary N) is 2. The zero-order valence-electron chi connectivity index (χ0n) is 17.2. The normalized spacial score (nSPS) is 23.8. The molecule has 29 heavy (non-hydrogen) atoms. The van der Waals surface area contributed by atoms with Gasteiger partial charge < -0.3 is 15.5 Å². The van der Waals surface area contributed by atoms with E-state index in [1.54, 1.807) is 38.4 Å². The highest BCUT2D eigenvalue weighted by molar-refractivity contribution is 6.09. The molecule has 2 N–H and O–H groups in total. The molecule has 5 amide bonds. The van der Waals surface area contributed by atoms with Crippen molar-refractivity contribution in [3.05, 3.63) is 35.4 Å². The lowest BCUT2D eigenvalue weighted by Gasteiger charge is -2.36. The molecule has 0 radical (unpaired) electrons. The van der Waals surface area contributed by atoms with Crippen molar-refractivity contribution < 1.29 is 19.2 Å². The quantitative estimate of drug-likeness (QED) is 0.732. The van der Waals surface area contributed by atoms with Gasteiger partial charge in [-0.1, -0.05) is 31.9 Å². The van der Waals surface area contributed by atoms with E-state index in [1.807, 2.05) is 6.92 Å². The van der Waals surface area contributed by atoms with Crippen LogP contribution in [0.5, 0.6) is 0 Å². The predicted molar refractivity (Wildman–Crippen MR) is 107 cm³/mol. The lowest BCUT2D eigenvalue weighted by Crippen LogP contribution is -2.54. The Bertz CT molecular complexity index is 822. The molecule has 3 rings (SSSR count). The van der Waals surface area contributed by atoms with Gasteiger partial charge >= 0.3 is 6.03 Å². The van der Waals surface area contributed by atoms with Crippen molar-refractivity contribution in [3.63, 3.8) is 0 Å². The minimum atomic E-state index is -0.857. The number of nitrogens with zero attached hydrogens (tertiary/aromatic N) is 2. The van der Waals surface area contributed by atoms with Crippen LogP contribution in [0.4, 0.5) is 4.79 Å². The summed E-state index contributed by atoms with van der Waals surface area (Å²) in [7, 11) is 3.20. The van der Waals surface area contributed by atoms with Crippen molar-refractivity contribution in [2.45, 2.75) is 44.7 Å². The van der Waals surface area contributed by atoms with Crippen LogP contribution in [0.2, 0.25) is 0 Å². The summed E-state index contributed by atoms with van der Waals surface area (Å²) in [5.74, 6) is -0.717. The van der Waals surface area contributed by atoms with Gasteiger partial charge in [-0.2, -0.15) is 0 Å². The van der Waals surface area contributed by atoms with Crippen LogP contribution in [0.3, 0.4) is 0 Å². The van der Waals surface area contributed by atoms with E-state index >= 15 is 0 Å². The molecular formula is C21H28N4O4. The van der Waals surface area contributed by atoms with Gasteiger partial charge in [0.1, 0.15) is 12.1 Å². The van der Waals surface area contributed by atoms with Crippen LogP contribution >= 0.6 is 0 Å². The first kappa shape index (κ1) is 20.8. The van der Waals surface area contributed by atoms with Gasteiger partial charge in [0, 0.05) is 26.2 Å². The average molecular weight is 400 g/mol. The number of hydrogen-bond donors (Lipinski definition) is 2. The zero-order valence-corrected chi connectivity index (χ0v) is 17.2. The summed E-state index contributed by atoms with van der Waals surface area (Å²) >= 11 is 0. The standard InChI is InChI=1S/C21H28N4O4/c1-14-6-4-5-11-21(14)19(28)25(20(29)23-21)13-17(26)24(3)12-15-7-9-16(10-8-15)18(27)22-2/h7-10,14H,4-6,11-13H2,1-3H3,(H,22,27)(H,23,29)/t14-,21+/m0/s1.